The molecule has 0 spiro atoms. The zero-order valence-electron chi connectivity index (χ0n) is 14.5. The Labute approximate surface area is 176 Å². The standard InChI is InChI=1S/C19H19BrCl2N2O3/c20-16-11-13(21)1-4-18(16)27-8-5-23-14-2-3-15(17(22)12-14)19(25)24-6-9-26-10-7-24/h1-4,11-12,23H,5-10H2. The third kappa shape index (κ3) is 5.51. The van der Waals surface area contributed by atoms with Crippen LogP contribution in [-0.2, 0) is 4.74 Å². The molecule has 1 heterocycles. The predicted octanol–water partition coefficient (Wildman–Crippen LogP) is 4.72. The summed E-state index contributed by atoms with van der Waals surface area (Å²) >= 11 is 15.7. The normalized spacial score (nSPS) is 14.1. The van der Waals surface area contributed by atoms with Crippen LogP contribution in [0.25, 0.3) is 0 Å². The first kappa shape index (κ1) is 20.3. The number of ether oxygens (including phenoxy) is 2. The Hall–Kier alpha value is -1.47. The van der Waals surface area contributed by atoms with E-state index in [1.807, 2.05) is 12.1 Å². The van der Waals surface area contributed by atoms with Crippen molar-refractivity contribution in [3.05, 3.63) is 56.5 Å². The third-order valence-corrected chi connectivity index (χ3v) is 5.25. The van der Waals surface area contributed by atoms with Crippen LogP contribution in [0.15, 0.2) is 40.9 Å². The van der Waals surface area contributed by atoms with Gasteiger partial charge in [-0.1, -0.05) is 23.2 Å². The molecule has 0 unspecified atom stereocenters. The molecule has 27 heavy (non-hydrogen) atoms. The smallest absolute Gasteiger partial charge is 0.255 e. The predicted molar refractivity (Wildman–Crippen MR) is 111 cm³/mol. The molecule has 0 aromatic heterocycles. The maximum Gasteiger partial charge on any atom is 0.255 e. The Bertz CT molecular complexity index is 814. The molecule has 1 fully saturated rings. The highest BCUT2D eigenvalue weighted by Crippen LogP contribution is 2.28. The highest BCUT2D eigenvalue weighted by Gasteiger charge is 2.20. The zero-order chi connectivity index (χ0) is 19.2. The lowest BCUT2D eigenvalue weighted by atomic mass is 10.1. The van der Waals surface area contributed by atoms with Crippen LogP contribution in [0.1, 0.15) is 10.4 Å². The van der Waals surface area contributed by atoms with Crippen molar-refractivity contribution in [2.24, 2.45) is 0 Å². The van der Waals surface area contributed by atoms with E-state index >= 15 is 0 Å². The Morgan fingerprint density at radius 3 is 2.67 bits per heavy atom. The number of anilines is 1. The van der Waals surface area contributed by atoms with Gasteiger partial charge in [-0.15, -0.1) is 0 Å². The van der Waals surface area contributed by atoms with Crippen molar-refractivity contribution in [2.75, 3.05) is 44.8 Å². The van der Waals surface area contributed by atoms with E-state index in [-0.39, 0.29) is 5.91 Å². The molecule has 2 aromatic rings. The molecule has 0 saturated carbocycles. The van der Waals surface area contributed by atoms with Gasteiger partial charge < -0.3 is 19.7 Å². The van der Waals surface area contributed by atoms with E-state index in [2.05, 4.69) is 21.2 Å². The van der Waals surface area contributed by atoms with Gasteiger partial charge in [-0.25, -0.2) is 0 Å². The average molecular weight is 474 g/mol. The Morgan fingerprint density at radius 1 is 1.19 bits per heavy atom. The van der Waals surface area contributed by atoms with Crippen LogP contribution in [0, 0.1) is 0 Å². The van der Waals surface area contributed by atoms with Crippen molar-refractivity contribution in [1.82, 2.24) is 4.90 Å². The second-order valence-electron chi connectivity index (χ2n) is 5.95. The number of morpholine rings is 1. The number of hydrogen-bond donors (Lipinski definition) is 1. The molecule has 0 bridgehead atoms. The molecule has 8 heteroatoms. The van der Waals surface area contributed by atoms with Crippen molar-refractivity contribution in [3.8, 4) is 5.75 Å². The highest BCUT2D eigenvalue weighted by atomic mass is 79.9. The second-order valence-corrected chi connectivity index (χ2v) is 7.65. The maximum absolute atomic E-state index is 12.5. The van der Waals surface area contributed by atoms with Crippen LogP contribution in [0.3, 0.4) is 0 Å². The molecule has 5 nitrogen and oxygen atoms in total. The van der Waals surface area contributed by atoms with E-state index < -0.39 is 0 Å². The number of carbonyl (C=O) groups is 1. The SMILES string of the molecule is O=C(c1ccc(NCCOc2ccc(Cl)cc2Br)cc1Cl)N1CCOCC1. The van der Waals surface area contributed by atoms with Crippen molar-refractivity contribution in [2.45, 2.75) is 0 Å². The van der Waals surface area contributed by atoms with Gasteiger partial charge in [0.05, 0.1) is 28.3 Å². The quantitative estimate of drug-likeness (QED) is 0.616. The van der Waals surface area contributed by atoms with E-state index in [9.17, 15) is 4.79 Å². The molecular weight excluding hydrogens is 455 g/mol. The lowest BCUT2D eigenvalue weighted by Crippen LogP contribution is -2.40. The van der Waals surface area contributed by atoms with Crippen molar-refractivity contribution in [1.29, 1.82) is 0 Å². The largest absolute Gasteiger partial charge is 0.491 e. The monoisotopic (exact) mass is 472 g/mol. The number of benzene rings is 2. The molecule has 1 amide bonds. The molecule has 0 radical (unpaired) electrons. The fraction of sp³-hybridized carbons (Fsp3) is 0.316. The molecule has 1 aliphatic heterocycles. The molecule has 1 saturated heterocycles. The van der Waals surface area contributed by atoms with E-state index in [0.29, 0.717) is 55.1 Å². The summed E-state index contributed by atoms with van der Waals surface area (Å²) in [6.45, 7) is 3.35. The lowest BCUT2D eigenvalue weighted by Gasteiger charge is -2.27. The number of nitrogens with zero attached hydrogens (tertiary/aromatic N) is 1. The molecule has 0 aliphatic carbocycles. The van der Waals surface area contributed by atoms with E-state index in [1.165, 1.54) is 0 Å². The number of hydrogen-bond acceptors (Lipinski definition) is 4. The Balaban J connectivity index is 1.52. The topological polar surface area (TPSA) is 50.8 Å². The minimum atomic E-state index is -0.0641. The van der Waals surface area contributed by atoms with E-state index in [0.717, 1.165) is 15.9 Å². The summed E-state index contributed by atoms with van der Waals surface area (Å²) in [4.78, 5) is 14.3. The number of halogens is 3. The van der Waals surface area contributed by atoms with E-state index in [1.54, 1.807) is 29.2 Å². The number of nitrogens with one attached hydrogen (secondary N) is 1. The summed E-state index contributed by atoms with van der Waals surface area (Å²) in [5.41, 5.74) is 1.34. The van der Waals surface area contributed by atoms with E-state index in [4.69, 9.17) is 32.7 Å². The fourth-order valence-electron chi connectivity index (χ4n) is 2.68. The van der Waals surface area contributed by atoms with Crippen molar-refractivity contribution < 1.29 is 14.3 Å². The first-order chi connectivity index (χ1) is 13.0. The van der Waals surface area contributed by atoms with Gasteiger partial charge in [0, 0.05) is 30.3 Å². The third-order valence-electron chi connectivity index (χ3n) is 4.08. The van der Waals surface area contributed by atoms with Gasteiger partial charge in [0.1, 0.15) is 12.4 Å². The van der Waals surface area contributed by atoms with Gasteiger partial charge in [-0.3, -0.25) is 4.79 Å². The molecule has 0 atom stereocenters. The molecular formula is C19H19BrCl2N2O3. The second kappa shape index (κ2) is 9.64. The minimum Gasteiger partial charge on any atom is -0.491 e. The Kier molecular flexibility index (Phi) is 7.24. The van der Waals surface area contributed by atoms with Gasteiger partial charge in [0.25, 0.3) is 5.91 Å². The van der Waals surface area contributed by atoms with Crippen LogP contribution in [0.2, 0.25) is 10.0 Å². The number of carbonyl (C=O) groups excluding carboxylic acids is 1. The van der Waals surface area contributed by atoms with Gasteiger partial charge in [-0.05, 0) is 52.3 Å². The Morgan fingerprint density at radius 2 is 1.96 bits per heavy atom. The van der Waals surface area contributed by atoms with Crippen LogP contribution >= 0.6 is 39.1 Å². The number of rotatable bonds is 6. The number of amides is 1. The first-order valence-electron chi connectivity index (χ1n) is 8.53. The van der Waals surface area contributed by atoms with Crippen molar-refractivity contribution in [3.63, 3.8) is 0 Å². The maximum atomic E-state index is 12.5. The summed E-state index contributed by atoms with van der Waals surface area (Å²) in [6.07, 6.45) is 0. The summed E-state index contributed by atoms with van der Waals surface area (Å²) in [5.74, 6) is 0.663. The van der Waals surface area contributed by atoms with Crippen LogP contribution in [-0.4, -0.2) is 50.3 Å². The molecule has 2 aromatic carbocycles. The zero-order valence-corrected chi connectivity index (χ0v) is 17.6. The summed E-state index contributed by atoms with van der Waals surface area (Å²) in [7, 11) is 0. The van der Waals surface area contributed by atoms with Crippen LogP contribution in [0.5, 0.6) is 5.75 Å². The van der Waals surface area contributed by atoms with Gasteiger partial charge >= 0.3 is 0 Å². The summed E-state index contributed by atoms with van der Waals surface area (Å²) in [5, 5.41) is 4.31. The van der Waals surface area contributed by atoms with Crippen LogP contribution < -0.4 is 10.1 Å². The van der Waals surface area contributed by atoms with Gasteiger partial charge in [0.15, 0.2) is 0 Å². The average Bonchev–Trinajstić information content (AvgIpc) is 2.67. The van der Waals surface area contributed by atoms with Gasteiger partial charge in [-0.2, -0.15) is 0 Å². The molecule has 144 valence electrons. The molecule has 3 rings (SSSR count). The highest BCUT2D eigenvalue weighted by molar-refractivity contribution is 9.10. The fourth-order valence-corrected chi connectivity index (χ4v) is 3.74. The minimum absolute atomic E-state index is 0.0641. The van der Waals surface area contributed by atoms with Gasteiger partial charge in [0.2, 0.25) is 0 Å². The lowest BCUT2D eigenvalue weighted by molar-refractivity contribution is 0.0303. The summed E-state index contributed by atoms with van der Waals surface area (Å²) < 4.78 is 11.8. The summed E-state index contributed by atoms with van der Waals surface area (Å²) in [6, 6.07) is 10.7. The molecule has 1 N–H and O–H groups in total. The molecule has 1 aliphatic rings. The van der Waals surface area contributed by atoms with Crippen LogP contribution in [0.4, 0.5) is 5.69 Å². The van der Waals surface area contributed by atoms with Crippen molar-refractivity contribution >= 4 is 50.7 Å². The first-order valence-corrected chi connectivity index (χ1v) is 10.1.